The molecule has 1 heterocycles. The summed E-state index contributed by atoms with van der Waals surface area (Å²) in [4.78, 5) is 7.75. The Balaban J connectivity index is 1.63. The van der Waals surface area contributed by atoms with E-state index in [1.807, 2.05) is 24.3 Å². The average molecular weight is 334 g/mol. The van der Waals surface area contributed by atoms with E-state index < -0.39 is 0 Å². The van der Waals surface area contributed by atoms with Crippen molar-refractivity contribution in [3.63, 3.8) is 0 Å². The van der Waals surface area contributed by atoms with Crippen LogP contribution in [0, 0.1) is 5.82 Å². The zero-order valence-corrected chi connectivity index (χ0v) is 12.2. The number of rotatable bonds is 4. The summed E-state index contributed by atoms with van der Waals surface area (Å²) in [7, 11) is 0. The molecule has 0 saturated carbocycles. The summed E-state index contributed by atoms with van der Waals surface area (Å²) in [6.45, 7) is 1.31. The predicted octanol–water partition coefficient (Wildman–Crippen LogP) is 3.75. The molecular formula is C15H13BrFN3. The highest BCUT2D eigenvalue weighted by Gasteiger charge is 2.03. The fourth-order valence-corrected chi connectivity index (χ4v) is 2.49. The van der Waals surface area contributed by atoms with Gasteiger partial charge >= 0.3 is 0 Å². The lowest BCUT2D eigenvalue weighted by molar-refractivity contribution is 0.617. The molecule has 0 amide bonds. The molecule has 0 saturated heterocycles. The van der Waals surface area contributed by atoms with Crippen LogP contribution in [-0.4, -0.2) is 9.97 Å². The molecule has 0 radical (unpaired) electrons. The molecule has 0 spiro atoms. The lowest BCUT2D eigenvalue weighted by Gasteiger charge is -2.04. The number of benzene rings is 2. The van der Waals surface area contributed by atoms with Crippen molar-refractivity contribution >= 4 is 27.0 Å². The monoisotopic (exact) mass is 333 g/mol. The largest absolute Gasteiger partial charge is 0.341 e. The van der Waals surface area contributed by atoms with Gasteiger partial charge in [0.2, 0.25) is 0 Å². The lowest BCUT2D eigenvalue weighted by Crippen LogP contribution is -2.13. The van der Waals surface area contributed by atoms with E-state index in [2.05, 4.69) is 31.2 Å². The molecule has 0 aliphatic heterocycles. The quantitative estimate of drug-likeness (QED) is 0.763. The van der Waals surface area contributed by atoms with Gasteiger partial charge in [0.15, 0.2) is 0 Å². The molecular weight excluding hydrogens is 321 g/mol. The second-order valence-electron chi connectivity index (χ2n) is 4.55. The number of nitrogens with one attached hydrogen (secondary N) is 2. The van der Waals surface area contributed by atoms with Crippen molar-refractivity contribution in [1.82, 2.24) is 15.3 Å². The maximum absolute atomic E-state index is 13.1. The SMILES string of the molecule is Fc1ccc(CNCc2nc3ccccc3[nH]2)cc1Br. The van der Waals surface area contributed by atoms with Gasteiger partial charge in [0.25, 0.3) is 0 Å². The highest BCUT2D eigenvalue weighted by molar-refractivity contribution is 9.10. The first-order chi connectivity index (χ1) is 9.72. The van der Waals surface area contributed by atoms with Crippen molar-refractivity contribution in [2.24, 2.45) is 0 Å². The Bertz CT molecular complexity index is 706. The van der Waals surface area contributed by atoms with Crippen LogP contribution < -0.4 is 5.32 Å². The Morgan fingerprint density at radius 1 is 1.15 bits per heavy atom. The van der Waals surface area contributed by atoms with Crippen LogP contribution in [0.1, 0.15) is 11.4 Å². The Morgan fingerprint density at radius 2 is 2.00 bits per heavy atom. The number of H-pyrrole nitrogens is 1. The highest BCUT2D eigenvalue weighted by Crippen LogP contribution is 2.16. The van der Waals surface area contributed by atoms with Gasteiger partial charge in [-0.15, -0.1) is 0 Å². The number of imidazole rings is 1. The summed E-state index contributed by atoms with van der Waals surface area (Å²) >= 11 is 3.18. The highest BCUT2D eigenvalue weighted by atomic mass is 79.9. The molecule has 0 bridgehead atoms. The molecule has 2 aromatic carbocycles. The summed E-state index contributed by atoms with van der Waals surface area (Å²) < 4.78 is 13.6. The first-order valence-electron chi connectivity index (χ1n) is 6.30. The Morgan fingerprint density at radius 3 is 2.80 bits per heavy atom. The van der Waals surface area contributed by atoms with E-state index in [0.717, 1.165) is 22.4 Å². The molecule has 0 unspecified atom stereocenters. The van der Waals surface area contributed by atoms with Gasteiger partial charge in [-0.2, -0.15) is 0 Å². The Labute approximate surface area is 124 Å². The molecule has 1 aromatic heterocycles. The van der Waals surface area contributed by atoms with E-state index in [9.17, 15) is 4.39 Å². The van der Waals surface area contributed by atoms with E-state index >= 15 is 0 Å². The first kappa shape index (κ1) is 13.3. The minimum absolute atomic E-state index is 0.244. The summed E-state index contributed by atoms with van der Waals surface area (Å²) in [5, 5.41) is 3.29. The summed E-state index contributed by atoms with van der Waals surface area (Å²) in [6.07, 6.45) is 0. The number of aromatic nitrogens is 2. The number of para-hydroxylation sites is 2. The first-order valence-corrected chi connectivity index (χ1v) is 7.10. The predicted molar refractivity (Wildman–Crippen MR) is 80.7 cm³/mol. The zero-order valence-electron chi connectivity index (χ0n) is 10.7. The summed E-state index contributed by atoms with van der Waals surface area (Å²) in [5.74, 6) is 0.651. The van der Waals surface area contributed by atoms with Gasteiger partial charge in [0.1, 0.15) is 11.6 Å². The van der Waals surface area contributed by atoms with E-state index in [1.165, 1.54) is 6.07 Å². The Hall–Kier alpha value is -1.72. The van der Waals surface area contributed by atoms with Crippen LogP contribution in [0.3, 0.4) is 0 Å². The van der Waals surface area contributed by atoms with Crippen LogP contribution in [0.15, 0.2) is 46.9 Å². The zero-order chi connectivity index (χ0) is 13.9. The van der Waals surface area contributed by atoms with E-state index in [4.69, 9.17) is 0 Å². The standard InChI is InChI=1S/C15H13BrFN3/c16-11-7-10(5-6-12(11)17)8-18-9-15-19-13-3-1-2-4-14(13)20-15/h1-7,18H,8-9H2,(H,19,20). The Kier molecular flexibility index (Phi) is 3.80. The third-order valence-electron chi connectivity index (χ3n) is 3.04. The van der Waals surface area contributed by atoms with Crippen LogP contribution >= 0.6 is 15.9 Å². The summed E-state index contributed by atoms with van der Waals surface area (Å²) in [6, 6.07) is 12.9. The molecule has 3 rings (SSSR count). The lowest BCUT2D eigenvalue weighted by atomic mass is 10.2. The molecule has 0 aliphatic carbocycles. The maximum Gasteiger partial charge on any atom is 0.137 e. The third kappa shape index (κ3) is 2.89. The van der Waals surface area contributed by atoms with Gasteiger partial charge in [-0.3, -0.25) is 0 Å². The fraction of sp³-hybridized carbons (Fsp3) is 0.133. The topological polar surface area (TPSA) is 40.7 Å². The van der Waals surface area contributed by atoms with E-state index in [0.29, 0.717) is 17.6 Å². The van der Waals surface area contributed by atoms with Crippen molar-refractivity contribution in [2.75, 3.05) is 0 Å². The molecule has 0 aliphatic rings. The van der Waals surface area contributed by atoms with Crippen LogP contribution in [0.4, 0.5) is 4.39 Å². The van der Waals surface area contributed by atoms with Gasteiger partial charge in [-0.25, -0.2) is 9.37 Å². The normalized spacial score (nSPS) is 11.1. The third-order valence-corrected chi connectivity index (χ3v) is 3.65. The second kappa shape index (κ2) is 5.73. The van der Waals surface area contributed by atoms with Crippen molar-refractivity contribution in [3.05, 3.63) is 64.1 Å². The minimum atomic E-state index is -0.244. The van der Waals surface area contributed by atoms with Gasteiger partial charge in [-0.1, -0.05) is 18.2 Å². The number of hydrogen-bond acceptors (Lipinski definition) is 2. The molecule has 5 heteroatoms. The number of fused-ring (bicyclic) bond motifs is 1. The molecule has 0 atom stereocenters. The van der Waals surface area contributed by atoms with E-state index in [-0.39, 0.29) is 5.82 Å². The maximum atomic E-state index is 13.1. The molecule has 3 aromatic rings. The van der Waals surface area contributed by atoms with Gasteiger partial charge in [0, 0.05) is 6.54 Å². The molecule has 2 N–H and O–H groups in total. The van der Waals surface area contributed by atoms with Gasteiger partial charge < -0.3 is 10.3 Å². The smallest absolute Gasteiger partial charge is 0.137 e. The van der Waals surface area contributed by atoms with E-state index in [1.54, 1.807) is 12.1 Å². The van der Waals surface area contributed by atoms with Gasteiger partial charge in [-0.05, 0) is 45.8 Å². The molecule has 102 valence electrons. The van der Waals surface area contributed by atoms with Crippen molar-refractivity contribution in [1.29, 1.82) is 0 Å². The van der Waals surface area contributed by atoms with Crippen LogP contribution in [0.5, 0.6) is 0 Å². The molecule has 0 fully saturated rings. The van der Waals surface area contributed by atoms with Crippen LogP contribution in [-0.2, 0) is 13.1 Å². The average Bonchev–Trinajstić information content (AvgIpc) is 2.85. The molecule has 20 heavy (non-hydrogen) atoms. The number of aromatic amines is 1. The van der Waals surface area contributed by atoms with Crippen molar-refractivity contribution in [3.8, 4) is 0 Å². The summed E-state index contributed by atoms with van der Waals surface area (Å²) in [5.41, 5.74) is 3.03. The number of nitrogens with zero attached hydrogens (tertiary/aromatic N) is 1. The second-order valence-corrected chi connectivity index (χ2v) is 5.41. The van der Waals surface area contributed by atoms with Crippen molar-refractivity contribution in [2.45, 2.75) is 13.1 Å². The van der Waals surface area contributed by atoms with Crippen molar-refractivity contribution < 1.29 is 4.39 Å². The van der Waals surface area contributed by atoms with Crippen LogP contribution in [0.25, 0.3) is 11.0 Å². The van der Waals surface area contributed by atoms with Crippen LogP contribution in [0.2, 0.25) is 0 Å². The fourth-order valence-electron chi connectivity index (χ4n) is 2.06. The molecule has 3 nitrogen and oxygen atoms in total. The number of halogens is 2. The minimum Gasteiger partial charge on any atom is -0.341 e. The van der Waals surface area contributed by atoms with Gasteiger partial charge in [0.05, 0.1) is 22.1 Å². The number of hydrogen-bond donors (Lipinski definition) is 2.